The highest BCUT2D eigenvalue weighted by Crippen LogP contribution is 2.30. The van der Waals surface area contributed by atoms with Gasteiger partial charge in [0, 0.05) is 10.4 Å². The highest BCUT2D eigenvalue weighted by molar-refractivity contribution is 7.16. The number of amides is 1. The van der Waals surface area contributed by atoms with E-state index in [1.54, 1.807) is 31.2 Å². The standard InChI is InChI=1S/C17H19NO3S/c1-3-8-13-11-14(17(20)21-4-2)16(22-13)18-15(19)12-9-6-5-7-10-12/h5-7,9-11H,3-4,8H2,1-2H3,(H,18,19). The zero-order chi connectivity index (χ0) is 15.9. The van der Waals surface area contributed by atoms with Crippen molar-refractivity contribution in [3.8, 4) is 0 Å². The van der Waals surface area contributed by atoms with Crippen LogP contribution in [0.2, 0.25) is 0 Å². The number of benzene rings is 1. The molecule has 116 valence electrons. The summed E-state index contributed by atoms with van der Waals surface area (Å²) < 4.78 is 5.06. The third kappa shape index (κ3) is 3.95. The van der Waals surface area contributed by atoms with Crippen molar-refractivity contribution in [1.29, 1.82) is 0 Å². The maximum atomic E-state index is 12.3. The second kappa shape index (κ2) is 7.75. The van der Waals surface area contributed by atoms with Crippen molar-refractivity contribution in [3.05, 3.63) is 52.4 Å². The molecular formula is C17H19NO3S. The number of carbonyl (C=O) groups excluding carboxylic acids is 2. The fraction of sp³-hybridized carbons (Fsp3) is 0.294. The fourth-order valence-corrected chi connectivity index (χ4v) is 3.17. The lowest BCUT2D eigenvalue weighted by atomic mass is 10.2. The van der Waals surface area contributed by atoms with Crippen molar-refractivity contribution in [2.45, 2.75) is 26.7 Å². The van der Waals surface area contributed by atoms with E-state index >= 15 is 0 Å². The number of anilines is 1. The maximum absolute atomic E-state index is 12.3. The number of hydrogen-bond acceptors (Lipinski definition) is 4. The molecule has 1 amide bonds. The predicted molar refractivity (Wildman–Crippen MR) is 88.7 cm³/mol. The number of hydrogen-bond donors (Lipinski definition) is 1. The highest BCUT2D eigenvalue weighted by Gasteiger charge is 2.19. The molecule has 4 nitrogen and oxygen atoms in total. The molecule has 2 aromatic rings. The molecule has 0 saturated carbocycles. The fourth-order valence-electron chi connectivity index (χ4n) is 2.03. The Bertz CT molecular complexity index is 649. The van der Waals surface area contributed by atoms with E-state index in [1.165, 1.54) is 11.3 Å². The Balaban J connectivity index is 2.24. The van der Waals surface area contributed by atoms with Gasteiger partial charge in [0.1, 0.15) is 5.00 Å². The summed E-state index contributed by atoms with van der Waals surface area (Å²) in [7, 11) is 0. The number of nitrogens with one attached hydrogen (secondary N) is 1. The third-order valence-electron chi connectivity index (χ3n) is 3.04. The van der Waals surface area contributed by atoms with Crippen LogP contribution in [0, 0.1) is 0 Å². The Labute approximate surface area is 134 Å². The van der Waals surface area contributed by atoms with Crippen LogP contribution in [-0.2, 0) is 11.2 Å². The first kappa shape index (κ1) is 16.2. The second-order valence-electron chi connectivity index (χ2n) is 4.75. The summed E-state index contributed by atoms with van der Waals surface area (Å²) >= 11 is 1.43. The summed E-state index contributed by atoms with van der Waals surface area (Å²) in [4.78, 5) is 25.4. The monoisotopic (exact) mass is 317 g/mol. The quantitative estimate of drug-likeness (QED) is 0.815. The first-order valence-corrected chi connectivity index (χ1v) is 8.13. The van der Waals surface area contributed by atoms with E-state index in [1.807, 2.05) is 12.1 Å². The van der Waals surface area contributed by atoms with Gasteiger partial charge in [-0.3, -0.25) is 4.79 Å². The molecule has 0 atom stereocenters. The maximum Gasteiger partial charge on any atom is 0.341 e. The van der Waals surface area contributed by atoms with Crippen LogP contribution in [0.3, 0.4) is 0 Å². The largest absolute Gasteiger partial charge is 0.462 e. The molecule has 0 aliphatic carbocycles. The summed E-state index contributed by atoms with van der Waals surface area (Å²) in [5, 5.41) is 3.38. The van der Waals surface area contributed by atoms with Crippen LogP contribution >= 0.6 is 11.3 Å². The molecule has 1 N–H and O–H groups in total. The van der Waals surface area contributed by atoms with Gasteiger partial charge in [-0.05, 0) is 31.5 Å². The summed E-state index contributed by atoms with van der Waals surface area (Å²) in [6.07, 6.45) is 1.85. The number of rotatable bonds is 6. The molecule has 2 rings (SSSR count). The molecule has 0 aliphatic rings. The molecule has 1 aromatic heterocycles. The second-order valence-corrected chi connectivity index (χ2v) is 5.88. The SMILES string of the molecule is CCCc1cc(C(=O)OCC)c(NC(=O)c2ccccc2)s1. The number of carbonyl (C=O) groups is 2. The summed E-state index contributed by atoms with van der Waals surface area (Å²) in [6, 6.07) is 10.7. The molecule has 0 aliphatic heterocycles. The first-order chi connectivity index (χ1) is 10.7. The van der Waals surface area contributed by atoms with E-state index in [0.29, 0.717) is 22.7 Å². The zero-order valence-corrected chi connectivity index (χ0v) is 13.5. The minimum absolute atomic E-state index is 0.226. The number of ether oxygens (including phenoxy) is 1. The lowest BCUT2D eigenvalue weighted by Crippen LogP contribution is -2.14. The molecule has 0 unspecified atom stereocenters. The topological polar surface area (TPSA) is 55.4 Å². The molecular weight excluding hydrogens is 298 g/mol. The van der Waals surface area contributed by atoms with Crippen LogP contribution < -0.4 is 5.32 Å². The lowest BCUT2D eigenvalue weighted by Gasteiger charge is -2.06. The van der Waals surface area contributed by atoms with Crippen molar-refractivity contribution in [1.82, 2.24) is 0 Å². The molecule has 0 saturated heterocycles. The van der Waals surface area contributed by atoms with Gasteiger partial charge in [-0.1, -0.05) is 31.5 Å². The lowest BCUT2D eigenvalue weighted by molar-refractivity contribution is 0.0528. The minimum Gasteiger partial charge on any atom is -0.462 e. The van der Waals surface area contributed by atoms with Crippen LogP contribution in [0.5, 0.6) is 0 Å². The highest BCUT2D eigenvalue weighted by atomic mass is 32.1. The van der Waals surface area contributed by atoms with Crippen molar-refractivity contribution in [3.63, 3.8) is 0 Å². The number of thiophene rings is 1. The molecule has 0 fully saturated rings. The van der Waals surface area contributed by atoms with Crippen molar-refractivity contribution in [2.75, 3.05) is 11.9 Å². The van der Waals surface area contributed by atoms with E-state index in [-0.39, 0.29) is 5.91 Å². The number of aryl methyl sites for hydroxylation is 1. The molecule has 1 aromatic carbocycles. The Morgan fingerprint density at radius 3 is 2.55 bits per heavy atom. The number of esters is 1. The van der Waals surface area contributed by atoms with Crippen LogP contribution in [0.25, 0.3) is 0 Å². The van der Waals surface area contributed by atoms with Gasteiger partial charge < -0.3 is 10.1 Å². The van der Waals surface area contributed by atoms with Gasteiger partial charge in [0.25, 0.3) is 5.91 Å². The average molecular weight is 317 g/mol. The van der Waals surface area contributed by atoms with Gasteiger partial charge in [0.05, 0.1) is 12.2 Å². The van der Waals surface area contributed by atoms with Gasteiger partial charge in [-0.25, -0.2) is 4.79 Å². The molecule has 22 heavy (non-hydrogen) atoms. The molecule has 5 heteroatoms. The van der Waals surface area contributed by atoms with Gasteiger partial charge in [0.15, 0.2) is 0 Å². The predicted octanol–water partition coefficient (Wildman–Crippen LogP) is 4.13. The first-order valence-electron chi connectivity index (χ1n) is 7.32. The van der Waals surface area contributed by atoms with E-state index < -0.39 is 5.97 Å². The van der Waals surface area contributed by atoms with E-state index in [4.69, 9.17) is 4.74 Å². The van der Waals surface area contributed by atoms with E-state index in [9.17, 15) is 9.59 Å². The van der Waals surface area contributed by atoms with Crippen LogP contribution in [0.1, 0.15) is 45.9 Å². The molecule has 0 bridgehead atoms. The smallest absolute Gasteiger partial charge is 0.341 e. The van der Waals surface area contributed by atoms with Gasteiger partial charge >= 0.3 is 5.97 Å². The van der Waals surface area contributed by atoms with E-state index in [2.05, 4.69) is 12.2 Å². The van der Waals surface area contributed by atoms with Crippen molar-refractivity contribution < 1.29 is 14.3 Å². The van der Waals surface area contributed by atoms with Crippen molar-refractivity contribution in [2.24, 2.45) is 0 Å². The summed E-state index contributed by atoms with van der Waals surface area (Å²) in [6.45, 7) is 4.15. The molecule has 1 heterocycles. The van der Waals surface area contributed by atoms with Crippen LogP contribution in [-0.4, -0.2) is 18.5 Å². The third-order valence-corrected chi connectivity index (χ3v) is 4.15. The Hall–Kier alpha value is -2.14. The summed E-state index contributed by atoms with van der Waals surface area (Å²) in [5.41, 5.74) is 0.988. The zero-order valence-electron chi connectivity index (χ0n) is 12.7. The normalized spacial score (nSPS) is 10.3. The minimum atomic E-state index is -0.399. The Morgan fingerprint density at radius 1 is 1.18 bits per heavy atom. The van der Waals surface area contributed by atoms with Gasteiger partial charge in [0.2, 0.25) is 0 Å². The average Bonchev–Trinajstić information content (AvgIpc) is 2.91. The van der Waals surface area contributed by atoms with Gasteiger partial charge in [-0.2, -0.15) is 0 Å². The molecule has 0 spiro atoms. The van der Waals surface area contributed by atoms with Gasteiger partial charge in [-0.15, -0.1) is 11.3 Å². The van der Waals surface area contributed by atoms with Crippen LogP contribution in [0.4, 0.5) is 5.00 Å². The Kier molecular flexibility index (Phi) is 5.72. The van der Waals surface area contributed by atoms with E-state index in [0.717, 1.165) is 17.7 Å². The van der Waals surface area contributed by atoms with Crippen molar-refractivity contribution >= 4 is 28.2 Å². The molecule has 0 radical (unpaired) electrons. The summed E-state index contributed by atoms with van der Waals surface area (Å²) in [5.74, 6) is -0.625. The van der Waals surface area contributed by atoms with Crippen LogP contribution in [0.15, 0.2) is 36.4 Å². The Morgan fingerprint density at radius 2 is 1.91 bits per heavy atom.